The van der Waals surface area contributed by atoms with Gasteiger partial charge in [0.15, 0.2) is 9.84 Å². The van der Waals surface area contributed by atoms with Gasteiger partial charge in [-0.2, -0.15) is 0 Å². The van der Waals surface area contributed by atoms with Crippen LogP contribution in [0.4, 0.5) is 4.79 Å². The Labute approximate surface area is 330 Å². The van der Waals surface area contributed by atoms with E-state index in [0.717, 1.165) is 37.7 Å². The molecule has 2 aromatic carbocycles. The van der Waals surface area contributed by atoms with Crippen LogP contribution in [0.5, 0.6) is 5.75 Å². The molecule has 1 heterocycles. The number of urea groups is 1. The third-order valence-electron chi connectivity index (χ3n) is 12.4. The highest BCUT2D eigenvalue weighted by atomic mass is 32.2. The first kappa shape index (κ1) is 41.2. The molecular formula is C42H57N5O8S. The van der Waals surface area contributed by atoms with E-state index in [1.807, 2.05) is 65.0 Å². The Balaban J connectivity index is 1.15. The predicted molar refractivity (Wildman–Crippen MR) is 210 cm³/mol. The monoisotopic (exact) mass is 791 g/mol. The highest BCUT2D eigenvalue weighted by Gasteiger charge is 2.70. The van der Waals surface area contributed by atoms with Gasteiger partial charge in [-0.25, -0.2) is 13.2 Å². The molecule has 0 bridgehead atoms. The largest absolute Gasteiger partial charge is 0.489 e. The van der Waals surface area contributed by atoms with Crippen LogP contribution in [-0.4, -0.2) is 78.8 Å². The average Bonchev–Trinajstić information content (AvgIpc) is 4.00. The number of ketones is 1. The van der Waals surface area contributed by atoms with E-state index >= 15 is 0 Å². The maximum absolute atomic E-state index is 14.5. The van der Waals surface area contributed by atoms with Gasteiger partial charge in [0.25, 0.3) is 5.91 Å². The molecule has 6 rings (SSSR count). The lowest BCUT2D eigenvalue weighted by molar-refractivity contribution is -0.145. The van der Waals surface area contributed by atoms with Gasteiger partial charge < -0.3 is 31.3 Å². The zero-order valence-electron chi connectivity index (χ0n) is 33.1. The van der Waals surface area contributed by atoms with E-state index in [-0.39, 0.29) is 33.8 Å². The summed E-state index contributed by atoms with van der Waals surface area (Å²) in [5.74, 6) is -2.65. The summed E-state index contributed by atoms with van der Waals surface area (Å²) in [5, 5.41) is 8.67. The maximum Gasteiger partial charge on any atom is 0.315 e. The van der Waals surface area contributed by atoms with Gasteiger partial charge in [-0.1, -0.05) is 97.1 Å². The van der Waals surface area contributed by atoms with E-state index in [4.69, 9.17) is 10.5 Å². The number of carbonyl (C=O) groups excluding carboxylic acids is 5. The fourth-order valence-electron chi connectivity index (χ4n) is 8.85. The molecule has 56 heavy (non-hydrogen) atoms. The van der Waals surface area contributed by atoms with E-state index < -0.39 is 68.5 Å². The molecular weight excluding hydrogens is 735 g/mol. The van der Waals surface area contributed by atoms with E-state index in [0.29, 0.717) is 38.2 Å². The minimum atomic E-state index is -3.86. The number of rotatable bonds is 15. The predicted octanol–water partition coefficient (Wildman–Crippen LogP) is 4.28. The van der Waals surface area contributed by atoms with Crippen LogP contribution in [0.25, 0.3) is 0 Å². The lowest BCUT2D eigenvalue weighted by Crippen LogP contribution is -2.63. The van der Waals surface area contributed by atoms with Crippen LogP contribution >= 0.6 is 0 Å². The molecule has 1 aliphatic heterocycles. The van der Waals surface area contributed by atoms with Crippen molar-refractivity contribution >= 4 is 39.4 Å². The molecule has 14 heteroatoms. The third-order valence-corrected chi connectivity index (χ3v) is 14.3. The van der Waals surface area contributed by atoms with Crippen LogP contribution in [-0.2, 0) is 35.6 Å². The number of ether oxygens (including phenoxy) is 1. The second-order valence-electron chi connectivity index (χ2n) is 18.1. The van der Waals surface area contributed by atoms with Crippen molar-refractivity contribution in [2.45, 2.75) is 121 Å². The number of likely N-dealkylation sites (tertiary alicyclic amines) is 1. The van der Waals surface area contributed by atoms with Crippen LogP contribution in [0.15, 0.2) is 59.5 Å². The SMILES string of the molecule is CC(C)(C)[C@H](NC(=O)NC1(CS(=O)(=O)c2ccc(OCc3ccccc3)cc2)CCCCC1)C(=O)N1C[C@H]2[C@@H]([C@H]1C(=O)NC(CC1CC1)C(=O)C(N)=O)C2(C)C. The van der Waals surface area contributed by atoms with E-state index in [1.54, 1.807) is 12.1 Å². The number of nitrogens with one attached hydrogen (secondary N) is 3. The number of Topliss-reactive ketones (excluding diaryl/α,β-unsaturated/α-hetero) is 1. The van der Waals surface area contributed by atoms with Crippen molar-refractivity contribution in [3.63, 3.8) is 0 Å². The minimum absolute atomic E-state index is 0.0329. The van der Waals surface area contributed by atoms with Gasteiger partial charge in [0.05, 0.1) is 22.2 Å². The molecule has 13 nitrogen and oxygen atoms in total. The van der Waals surface area contributed by atoms with Crippen molar-refractivity contribution in [1.29, 1.82) is 0 Å². The third kappa shape index (κ3) is 9.22. The molecule has 0 radical (unpaired) electrons. The number of benzene rings is 2. The first-order valence-electron chi connectivity index (χ1n) is 19.8. The van der Waals surface area contributed by atoms with Crippen LogP contribution in [0, 0.1) is 28.6 Å². The molecule has 5 atom stereocenters. The molecule has 5 amide bonds. The fraction of sp³-hybridized carbons (Fsp3) is 0.595. The molecule has 3 saturated carbocycles. The van der Waals surface area contributed by atoms with Crippen molar-refractivity contribution in [3.05, 3.63) is 60.2 Å². The molecule has 2 aromatic rings. The van der Waals surface area contributed by atoms with Crippen molar-refractivity contribution in [3.8, 4) is 5.75 Å². The Morgan fingerprint density at radius 2 is 1.57 bits per heavy atom. The van der Waals surface area contributed by atoms with Crippen molar-refractivity contribution in [2.24, 2.45) is 34.3 Å². The van der Waals surface area contributed by atoms with Gasteiger partial charge in [-0.3, -0.25) is 19.2 Å². The van der Waals surface area contributed by atoms with Gasteiger partial charge in [-0.05, 0) is 77.7 Å². The number of fused-ring (bicyclic) bond motifs is 1. The van der Waals surface area contributed by atoms with Crippen LogP contribution in [0.3, 0.4) is 0 Å². The number of hydrogen-bond donors (Lipinski definition) is 4. The summed E-state index contributed by atoms with van der Waals surface area (Å²) < 4.78 is 33.6. The summed E-state index contributed by atoms with van der Waals surface area (Å²) in [6, 6.07) is 12.2. The Hall–Kier alpha value is -4.46. The number of sulfone groups is 1. The summed E-state index contributed by atoms with van der Waals surface area (Å²) in [5.41, 5.74) is 4.22. The molecule has 0 aromatic heterocycles. The fourth-order valence-corrected chi connectivity index (χ4v) is 10.7. The van der Waals surface area contributed by atoms with Gasteiger partial charge in [0.1, 0.15) is 24.4 Å². The molecule has 1 unspecified atom stereocenters. The Kier molecular flexibility index (Phi) is 11.6. The standard InChI is InChI=1S/C42H57N5O8S/c1-40(2,3)35(38(51)47-23-30-32(41(30,4)5)33(47)37(50)44-31(22-26-14-15-26)34(48)36(43)49)45-39(52)46-42(20-10-7-11-21-42)25-56(53,54)29-18-16-28(17-19-29)55-24-27-12-8-6-9-13-27/h6,8-9,12-13,16-19,26,30-33,35H,7,10-11,14-15,20-25H2,1-5H3,(H2,43,49)(H,44,50)(H2,45,46,52)/t30-,31?,32-,33-,35+/m0/s1. The molecule has 4 aliphatic rings. The minimum Gasteiger partial charge on any atom is -0.489 e. The molecule has 304 valence electrons. The molecule has 5 N–H and O–H groups in total. The molecule has 0 spiro atoms. The Morgan fingerprint density at radius 3 is 2.16 bits per heavy atom. The van der Waals surface area contributed by atoms with Gasteiger partial charge >= 0.3 is 6.03 Å². The quantitative estimate of drug-likeness (QED) is 0.192. The zero-order valence-corrected chi connectivity index (χ0v) is 34.0. The lowest BCUT2D eigenvalue weighted by Gasteiger charge is -2.40. The summed E-state index contributed by atoms with van der Waals surface area (Å²) in [6.45, 7) is 10.2. The normalized spacial score (nSPS) is 23.5. The molecule has 3 aliphatic carbocycles. The number of nitrogens with zero attached hydrogens (tertiary/aromatic N) is 1. The average molecular weight is 792 g/mol. The number of piperidine rings is 1. The molecule has 4 fully saturated rings. The van der Waals surface area contributed by atoms with Crippen molar-refractivity contribution in [1.82, 2.24) is 20.9 Å². The summed E-state index contributed by atoms with van der Waals surface area (Å²) in [7, 11) is -3.86. The second kappa shape index (κ2) is 15.8. The van der Waals surface area contributed by atoms with Crippen LogP contribution in [0.2, 0.25) is 0 Å². The second-order valence-corrected chi connectivity index (χ2v) is 20.1. The highest BCUT2D eigenvalue weighted by Crippen LogP contribution is 2.65. The van der Waals surface area contributed by atoms with E-state index in [9.17, 15) is 32.4 Å². The number of carbonyl (C=O) groups is 5. The van der Waals surface area contributed by atoms with Crippen LogP contribution in [0.1, 0.15) is 91.5 Å². The summed E-state index contributed by atoms with van der Waals surface area (Å²) in [6.07, 6.45) is 5.37. The zero-order chi connectivity index (χ0) is 40.6. The first-order chi connectivity index (χ1) is 26.3. The van der Waals surface area contributed by atoms with Gasteiger partial charge in [0.2, 0.25) is 17.6 Å². The van der Waals surface area contributed by atoms with Crippen molar-refractivity contribution in [2.75, 3.05) is 12.3 Å². The van der Waals surface area contributed by atoms with E-state index in [1.165, 1.54) is 17.0 Å². The topological polar surface area (TPSA) is 194 Å². The van der Waals surface area contributed by atoms with Gasteiger partial charge in [-0.15, -0.1) is 0 Å². The number of nitrogens with two attached hydrogens (primary N) is 1. The Bertz CT molecular complexity index is 1920. The van der Waals surface area contributed by atoms with Crippen LogP contribution < -0.4 is 26.4 Å². The lowest BCUT2D eigenvalue weighted by atomic mass is 9.83. The smallest absolute Gasteiger partial charge is 0.315 e. The summed E-state index contributed by atoms with van der Waals surface area (Å²) in [4.78, 5) is 68.7. The highest BCUT2D eigenvalue weighted by molar-refractivity contribution is 7.91. The summed E-state index contributed by atoms with van der Waals surface area (Å²) >= 11 is 0. The number of primary amides is 1. The number of hydrogen-bond acceptors (Lipinski definition) is 8. The number of amides is 5. The first-order valence-corrected chi connectivity index (χ1v) is 21.5. The van der Waals surface area contributed by atoms with Gasteiger partial charge in [0, 0.05) is 6.54 Å². The maximum atomic E-state index is 14.5. The van der Waals surface area contributed by atoms with E-state index in [2.05, 4.69) is 16.0 Å². The Morgan fingerprint density at radius 1 is 0.929 bits per heavy atom. The molecule has 1 saturated heterocycles. The van der Waals surface area contributed by atoms with Crippen molar-refractivity contribution < 1.29 is 37.1 Å².